The number of nitriles is 1. The predicted octanol–water partition coefficient (Wildman–Crippen LogP) is 1.71. The molecule has 0 spiro atoms. The van der Waals surface area contributed by atoms with Crippen LogP contribution in [-0.4, -0.2) is 26.0 Å². The number of sulfonamides is 1. The van der Waals surface area contributed by atoms with Crippen LogP contribution in [0.1, 0.15) is 30.1 Å². The zero-order chi connectivity index (χ0) is 14.0. The topological polar surface area (TPSA) is 78.2 Å². The Hall–Kier alpha value is -1.87. The molecule has 0 aromatic heterocycles. The van der Waals surface area contributed by atoms with Crippen LogP contribution in [0.5, 0.6) is 0 Å². The van der Waals surface area contributed by atoms with Crippen LogP contribution in [0.15, 0.2) is 24.3 Å². The SMILES string of the molecule is CC(C#N)S(=O)(=O)N1CCCC(=O)c2ccccc21. The quantitative estimate of drug-likeness (QED) is 0.825. The lowest BCUT2D eigenvalue weighted by molar-refractivity contribution is 0.0984. The second kappa shape index (κ2) is 5.02. The Kier molecular flexibility index (Phi) is 3.58. The number of nitrogens with zero attached hydrogens (tertiary/aromatic N) is 2. The molecule has 1 aromatic carbocycles. The highest BCUT2D eigenvalue weighted by Crippen LogP contribution is 2.29. The van der Waals surface area contributed by atoms with Crippen molar-refractivity contribution in [2.75, 3.05) is 10.8 Å². The molecule has 1 aliphatic rings. The summed E-state index contributed by atoms with van der Waals surface area (Å²) in [6, 6.07) is 8.39. The van der Waals surface area contributed by atoms with E-state index in [0.717, 1.165) is 0 Å². The van der Waals surface area contributed by atoms with Gasteiger partial charge < -0.3 is 0 Å². The Morgan fingerprint density at radius 3 is 2.74 bits per heavy atom. The number of carbonyl (C=O) groups is 1. The number of hydrogen-bond acceptors (Lipinski definition) is 4. The van der Waals surface area contributed by atoms with E-state index in [1.807, 2.05) is 0 Å². The van der Waals surface area contributed by atoms with Crippen molar-refractivity contribution in [2.45, 2.75) is 25.0 Å². The smallest absolute Gasteiger partial charge is 0.251 e. The lowest BCUT2D eigenvalue weighted by Crippen LogP contribution is -2.37. The molecule has 0 N–H and O–H groups in total. The van der Waals surface area contributed by atoms with Crippen molar-refractivity contribution >= 4 is 21.5 Å². The van der Waals surface area contributed by atoms with Crippen LogP contribution < -0.4 is 4.31 Å². The van der Waals surface area contributed by atoms with E-state index in [1.54, 1.807) is 30.3 Å². The van der Waals surface area contributed by atoms with Gasteiger partial charge in [-0.25, -0.2) is 8.42 Å². The number of benzene rings is 1. The minimum Gasteiger partial charge on any atom is -0.294 e. The van der Waals surface area contributed by atoms with Crippen molar-refractivity contribution in [1.82, 2.24) is 0 Å². The fourth-order valence-corrected chi connectivity index (χ4v) is 3.42. The van der Waals surface area contributed by atoms with Crippen molar-refractivity contribution in [1.29, 1.82) is 5.26 Å². The number of ketones is 1. The zero-order valence-electron chi connectivity index (χ0n) is 10.5. The van der Waals surface area contributed by atoms with Crippen molar-refractivity contribution in [2.24, 2.45) is 0 Å². The number of hydrogen-bond donors (Lipinski definition) is 0. The van der Waals surface area contributed by atoms with Crippen LogP contribution in [-0.2, 0) is 10.0 Å². The molecule has 19 heavy (non-hydrogen) atoms. The summed E-state index contributed by atoms with van der Waals surface area (Å²) in [6.45, 7) is 1.59. The second-order valence-corrected chi connectivity index (χ2v) is 6.61. The Bertz CT molecular complexity index is 646. The van der Waals surface area contributed by atoms with E-state index in [1.165, 1.54) is 11.2 Å². The molecule has 5 nitrogen and oxygen atoms in total. The van der Waals surface area contributed by atoms with E-state index >= 15 is 0 Å². The van der Waals surface area contributed by atoms with E-state index < -0.39 is 15.3 Å². The summed E-state index contributed by atoms with van der Waals surface area (Å²) in [5.74, 6) is -0.0575. The normalized spacial score (nSPS) is 17.3. The van der Waals surface area contributed by atoms with Gasteiger partial charge in [0.2, 0.25) is 0 Å². The molecule has 1 atom stereocenters. The van der Waals surface area contributed by atoms with Gasteiger partial charge in [-0.2, -0.15) is 5.26 Å². The van der Waals surface area contributed by atoms with Gasteiger partial charge in [-0.1, -0.05) is 12.1 Å². The number of Topliss-reactive ketones (excluding diaryl/α,β-unsaturated/α-hetero) is 1. The number of rotatable bonds is 2. The third-order valence-corrected chi connectivity index (χ3v) is 5.17. The summed E-state index contributed by atoms with van der Waals surface area (Å²) in [5, 5.41) is 7.72. The van der Waals surface area contributed by atoms with Crippen molar-refractivity contribution < 1.29 is 13.2 Å². The molecule has 0 amide bonds. The second-order valence-electron chi connectivity index (χ2n) is 4.43. The van der Waals surface area contributed by atoms with Crippen LogP contribution in [0.4, 0.5) is 5.69 Å². The van der Waals surface area contributed by atoms with E-state index in [9.17, 15) is 13.2 Å². The Balaban J connectivity index is 2.57. The molecule has 0 saturated carbocycles. The van der Waals surface area contributed by atoms with Gasteiger partial charge in [0.05, 0.1) is 11.8 Å². The third-order valence-electron chi connectivity index (χ3n) is 3.17. The van der Waals surface area contributed by atoms with Gasteiger partial charge >= 0.3 is 0 Å². The van der Waals surface area contributed by atoms with Crippen molar-refractivity contribution in [3.05, 3.63) is 29.8 Å². The van der Waals surface area contributed by atoms with Crippen LogP contribution in [0.3, 0.4) is 0 Å². The Labute approximate surface area is 112 Å². The van der Waals surface area contributed by atoms with E-state index in [2.05, 4.69) is 0 Å². The average Bonchev–Trinajstić information content (AvgIpc) is 2.58. The van der Waals surface area contributed by atoms with Crippen LogP contribution >= 0.6 is 0 Å². The molecule has 0 bridgehead atoms. The number of carbonyl (C=O) groups excluding carboxylic acids is 1. The first-order valence-electron chi connectivity index (χ1n) is 6.02. The lowest BCUT2D eigenvalue weighted by Gasteiger charge is -2.25. The van der Waals surface area contributed by atoms with Crippen LogP contribution in [0.25, 0.3) is 0 Å². The van der Waals surface area contributed by atoms with Gasteiger partial charge in [0.25, 0.3) is 10.0 Å². The summed E-state index contributed by atoms with van der Waals surface area (Å²) in [6.07, 6.45) is 0.787. The Morgan fingerprint density at radius 2 is 2.05 bits per heavy atom. The highest BCUT2D eigenvalue weighted by atomic mass is 32.2. The Morgan fingerprint density at radius 1 is 1.37 bits per heavy atom. The van der Waals surface area contributed by atoms with Crippen molar-refractivity contribution in [3.8, 4) is 6.07 Å². The maximum absolute atomic E-state index is 12.3. The molecule has 1 aliphatic heterocycles. The fraction of sp³-hybridized carbons (Fsp3) is 0.385. The molecule has 1 heterocycles. The summed E-state index contributed by atoms with van der Waals surface area (Å²) < 4.78 is 25.9. The van der Waals surface area contributed by atoms with Gasteiger partial charge in [0.15, 0.2) is 11.0 Å². The number of para-hydroxylation sites is 1. The number of anilines is 1. The molecule has 100 valence electrons. The van der Waals surface area contributed by atoms with E-state index in [-0.39, 0.29) is 12.3 Å². The molecule has 0 saturated heterocycles. The molecule has 1 unspecified atom stereocenters. The maximum Gasteiger partial charge on any atom is 0.251 e. The summed E-state index contributed by atoms with van der Waals surface area (Å²) in [7, 11) is -3.75. The molecule has 0 aliphatic carbocycles. The van der Waals surface area contributed by atoms with Gasteiger partial charge in [-0.05, 0) is 25.5 Å². The van der Waals surface area contributed by atoms with Crippen LogP contribution in [0, 0.1) is 11.3 Å². The first-order chi connectivity index (χ1) is 8.98. The first-order valence-corrected chi connectivity index (χ1v) is 7.52. The summed E-state index contributed by atoms with van der Waals surface area (Å²) in [5.41, 5.74) is 0.792. The minimum atomic E-state index is -3.75. The van der Waals surface area contributed by atoms with Gasteiger partial charge in [0.1, 0.15) is 0 Å². The standard InChI is InChI=1S/C13H14N2O3S/c1-10(9-14)19(17,18)15-8-4-7-13(16)11-5-2-3-6-12(11)15/h2-3,5-6,10H,4,7-8H2,1H3. The monoisotopic (exact) mass is 278 g/mol. The number of fused-ring (bicyclic) bond motifs is 1. The van der Waals surface area contributed by atoms with Crippen molar-refractivity contribution in [3.63, 3.8) is 0 Å². The third kappa shape index (κ3) is 2.34. The largest absolute Gasteiger partial charge is 0.294 e. The fourth-order valence-electron chi connectivity index (χ4n) is 2.09. The van der Waals surface area contributed by atoms with Crippen LogP contribution in [0.2, 0.25) is 0 Å². The highest BCUT2D eigenvalue weighted by molar-refractivity contribution is 7.93. The lowest BCUT2D eigenvalue weighted by atomic mass is 10.1. The van der Waals surface area contributed by atoms with Gasteiger partial charge in [0, 0.05) is 18.5 Å². The van der Waals surface area contributed by atoms with E-state index in [0.29, 0.717) is 24.1 Å². The van der Waals surface area contributed by atoms with E-state index in [4.69, 9.17) is 5.26 Å². The zero-order valence-corrected chi connectivity index (χ0v) is 11.4. The molecule has 0 fully saturated rings. The predicted molar refractivity (Wildman–Crippen MR) is 71.3 cm³/mol. The summed E-state index contributed by atoms with van der Waals surface area (Å²) in [4.78, 5) is 11.9. The van der Waals surface area contributed by atoms with Gasteiger partial charge in [-0.15, -0.1) is 0 Å². The molecule has 1 aromatic rings. The first kappa shape index (κ1) is 13.6. The molecule has 0 radical (unpaired) electrons. The maximum atomic E-state index is 12.3. The highest BCUT2D eigenvalue weighted by Gasteiger charge is 2.32. The summed E-state index contributed by atoms with van der Waals surface area (Å²) >= 11 is 0. The molecular formula is C13H14N2O3S. The van der Waals surface area contributed by atoms with Gasteiger partial charge in [-0.3, -0.25) is 9.10 Å². The average molecular weight is 278 g/mol. The molecule has 6 heteroatoms. The minimum absolute atomic E-state index is 0.0575. The molecule has 2 rings (SSSR count). The molecular weight excluding hydrogens is 264 g/mol.